The van der Waals surface area contributed by atoms with Gasteiger partial charge in [0.05, 0.1) is 12.2 Å². The summed E-state index contributed by atoms with van der Waals surface area (Å²) in [6.45, 7) is 0. The number of carbonyl (C=O) groups is 2. The van der Waals surface area contributed by atoms with Gasteiger partial charge < -0.3 is 10.2 Å². The summed E-state index contributed by atoms with van der Waals surface area (Å²) in [6, 6.07) is 17.4. The molecular formula is C19H20O4. The van der Waals surface area contributed by atoms with Gasteiger partial charge >= 0.3 is 0 Å². The summed E-state index contributed by atoms with van der Waals surface area (Å²) in [5.74, 6) is -0.362. The van der Waals surface area contributed by atoms with E-state index in [1.54, 1.807) is 48.5 Å². The van der Waals surface area contributed by atoms with Gasteiger partial charge in [-0.3, -0.25) is 9.59 Å². The molecule has 0 aliphatic carbocycles. The van der Waals surface area contributed by atoms with E-state index in [4.69, 9.17) is 0 Å². The first-order valence-corrected chi connectivity index (χ1v) is 7.59. The maximum atomic E-state index is 12.0. The Morgan fingerprint density at radius 2 is 1.04 bits per heavy atom. The summed E-state index contributed by atoms with van der Waals surface area (Å²) in [5.41, 5.74) is 1.06. The van der Waals surface area contributed by atoms with E-state index in [-0.39, 0.29) is 30.8 Å². The van der Waals surface area contributed by atoms with Crippen LogP contribution in [-0.4, -0.2) is 34.0 Å². The van der Waals surface area contributed by atoms with Crippen molar-refractivity contribution < 1.29 is 19.8 Å². The van der Waals surface area contributed by atoms with Gasteiger partial charge in [0.2, 0.25) is 0 Å². The molecule has 0 fully saturated rings. The van der Waals surface area contributed by atoms with Crippen molar-refractivity contribution in [3.8, 4) is 0 Å². The molecule has 23 heavy (non-hydrogen) atoms. The van der Waals surface area contributed by atoms with Gasteiger partial charge in [-0.05, 0) is 0 Å². The quantitative estimate of drug-likeness (QED) is 0.735. The van der Waals surface area contributed by atoms with Gasteiger partial charge in [-0.25, -0.2) is 0 Å². The van der Waals surface area contributed by atoms with Crippen LogP contribution in [0.1, 0.15) is 40.0 Å². The zero-order valence-corrected chi connectivity index (χ0v) is 12.8. The van der Waals surface area contributed by atoms with Crippen molar-refractivity contribution in [3.63, 3.8) is 0 Å². The Hall–Kier alpha value is -2.30. The van der Waals surface area contributed by atoms with Crippen molar-refractivity contribution in [2.75, 3.05) is 0 Å². The molecule has 2 aromatic rings. The van der Waals surface area contributed by atoms with Crippen LogP contribution in [0, 0.1) is 0 Å². The summed E-state index contributed by atoms with van der Waals surface area (Å²) < 4.78 is 0. The number of aliphatic hydroxyl groups is 2. The minimum atomic E-state index is -0.971. The molecule has 120 valence electrons. The van der Waals surface area contributed by atoms with Crippen LogP contribution in [0.4, 0.5) is 0 Å². The molecule has 0 spiro atoms. The van der Waals surface area contributed by atoms with Gasteiger partial charge in [0.1, 0.15) is 0 Å². The lowest BCUT2D eigenvalue weighted by atomic mass is 9.98. The predicted molar refractivity (Wildman–Crippen MR) is 87.4 cm³/mol. The molecule has 2 N–H and O–H groups in total. The third-order valence-corrected chi connectivity index (χ3v) is 3.58. The third-order valence-electron chi connectivity index (χ3n) is 3.58. The Kier molecular flexibility index (Phi) is 6.20. The van der Waals surface area contributed by atoms with E-state index in [1.165, 1.54) is 0 Å². The van der Waals surface area contributed by atoms with Crippen LogP contribution in [0.25, 0.3) is 0 Å². The molecule has 0 bridgehead atoms. The minimum absolute atomic E-state index is 0.00283. The fourth-order valence-corrected chi connectivity index (χ4v) is 2.39. The van der Waals surface area contributed by atoms with E-state index in [9.17, 15) is 19.8 Å². The summed E-state index contributed by atoms with van der Waals surface area (Å²) in [6.07, 6.45) is -2.08. The largest absolute Gasteiger partial charge is 0.393 e. The van der Waals surface area contributed by atoms with E-state index in [2.05, 4.69) is 0 Å². The lowest BCUT2D eigenvalue weighted by molar-refractivity contribution is 0.0594. The van der Waals surface area contributed by atoms with Crippen LogP contribution in [-0.2, 0) is 0 Å². The summed E-state index contributed by atoms with van der Waals surface area (Å²) in [5, 5.41) is 19.9. The molecule has 0 amide bonds. The maximum Gasteiger partial charge on any atom is 0.165 e. The topological polar surface area (TPSA) is 74.6 Å². The second-order valence-electron chi connectivity index (χ2n) is 5.53. The SMILES string of the molecule is O=C(C[C@@H](O)C[C@@H](O)CC(=O)c1ccccc1)c1ccccc1. The number of rotatable bonds is 8. The molecule has 4 nitrogen and oxygen atoms in total. The first-order chi connectivity index (χ1) is 11.1. The molecule has 0 aromatic heterocycles. The van der Waals surface area contributed by atoms with Crippen LogP contribution >= 0.6 is 0 Å². The normalized spacial score (nSPS) is 13.3. The van der Waals surface area contributed by atoms with Gasteiger partial charge in [0.25, 0.3) is 0 Å². The number of benzene rings is 2. The predicted octanol–water partition coefficient (Wildman–Crippen LogP) is 2.64. The molecule has 4 heteroatoms. The average Bonchev–Trinajstić information content (AvgIpc) is 2.56. The molecule has 2 atom stereocenters. The van der Waals surface area contributed by atoms with Crippen LogP contribution in [0.3, 0.4) is 0 Å². The second-order valence-corrected chi connectivity index (χ2v) is 5.53. The van der Waals surface area contributed by atoms with E-state index in [0.29, 0.717) is 11.1 Å². The molecule has 2 rings (SSSR count). The van der Waals surface area contributed by atoms with Crippen LogP contribution < -0.4 is 0 Å². The lowest BCUT2D eigenvalue weighted by Crippen LogP contribution is -2.23. The number of ketones is 2. The highest BCUT2D eigenvalue weighted by atomic mass is 16.3. The van der Waals surface area contributed by atoms with E-state index in [0.717, 1.165) is 0 Å². The highest BCUT2D eigenvalue weighted by Crippen LogP contribution is 2.13. The Morgan fingerprint density at radius 3 is 1.39 bits per heavy atom. The van der Waals surface area contributed by atoms with Crippen LogP contribution in [0.2, 0.25) is 0 Å². The number of hydrogen-bond acceptors (Lipinski definition) is 4. The molecule has 2 aromatic carbocycles. The molecule has 0 aliphatic rings. The molecule has 0 saturated heterocycles. The van der Waals surface area contributed by atoms with Crippen molar-refractivity contribution in [1.82, 2.24) is 0 Å². The molecular weight excluding hydrogens is 292 g/mol. The first-order valence-electron chi connectivity index (χ1n) is 7.59. The summed E-state index contributed by atoms with van der Waals surface area (Å²) in [4.78, 5) is 23.9. The molecule has 0 heterocycles. The lowest BCUT2D eigenvalue weighted by Gasteiger charge is -2.14. The number of Topliss-reactive ketones (excluding diaryl/α,β-unsaturated/α-hetero) is 2. The standard InChI is InChI=1S/C19H20O4/c20-16(12-18(22)14-7-3-1-4-8-14)11-17(21)13-19(23)15-9-5-2-6-10-15/h1-10,16-17,20-21H,11-13H2/t16-,17+. The third kappa shape index (κ3) is 5.43. The maximum absolute atomic E-state index is 12.0. The van der Waals surface area contributed by atoms with Gasteiger partial charge in [0, 0.05) is 30.4 Å². The van der Waals surface area contributed by atoms with E-state index >= 15 is 0 Å². The van der Waals surface area contributed by atoms with Gasteiger partial charge in [-0.2, -0.15) is 0 Å². The van der Waals surface area contributed by atoms with Crippen molar-refractivity contribution >= 4 is 11.6 Å². The zero-order chi connectivity index (χ0) is 16.7. The zero-order valence-electron chi connectivity index (χ0n) is 12.8. The van der Waals surface area contributed by atoms with Crippen molar-refractivity contribution in [1.29, 1.82) is 0 Å². The van der Waals surface area contributed by atoms with Crippen molar-refractivity contribution in [3.05, 3.63) is 71.8 Å². The van der Waals surface area contributed by atoms with Gasteiger partial charge in [-0.15, -0.1) is 0 Å². The van der Waals surface area contributed by atoms with Crippen molar-refractivity contribution in [2.45, 2.75) is 31.5 Å². The Morgan fingerprint density at radius 1 is 0.696 bits per heavy atom. The van der Waals surface area contributed by atoms with Crippen LogP contribution in [0.15, 0.2) is 60.7 Å². The smallest absolute Gasteiger partial charge is 0.165 e. The van der Waals surface area contributed by atoms with E-state index in [1.807, 2.05) is 12.1 Å². The Bertz CT molecular complexity index is 579. The molecule has 0 saturated carbocycles. The second kappa shape index (κ2) is 8.36. The summed E-state index contributed by atoms with van der Waals surface area (Å²) in [7, 11) is 0. The van der Waals surface area contributed by atoms with Crippen LogP contribution in [0.5, 0.6) is 0 Å². The molecule has 0 aliphatic heterocycles. The fraction of sp³-hybridized carbons (Fsp3) is 0.263. The Balaban J connectivity index is 1.82. The van der Waals surface area contributed by atoms with Gasteiger partial charge in [-0.1, -0.05) is 60.7 Å². The fourth-order valence-electron chi connectivity index (χ4n) is 2.39. The Labute approximate surface area is 135 Å². The minimum Gasteiger partial charge on any atom is -0.393 e. The summed E-state index contributed by atoms with van der Waals surface area (Å²) >= 11 is 0. The highest BCUT2D eigenvalue weighted by molar-refractivity contribution is 5.97. The highest BCUT2D eigenvalue weighted by Gasteiger charge is 2.19. The molecule has 0 radical (unpaired) electrons. The number of carbonyl (C=O) groups excluding carboxylic acids is 2. The monoisotopic (exact) mass is 312 g/mol. The van der Waals surface area contributed by atoms with Gasteiger partial charge in [0.15, 0.2) is 11.6 Å². The number of aliphatic hydroxyl groups excluding tert-OH is 2. The first kappa shape index (κ1) is 17.1. The van der Waals surface area contributed by atoms with E-state index < -0.39 is 12.2 Å². The number of hydrogen-bond donors (Lipinski definition) is 2. The molecule has 0 unspecified atom stereocenters. The average molecular weight is 312 g/mol. The van der Waals surface area contributed by atoms with Crippen molar-refractivity contribution in [2.24, 2.45) is 0 Å².